The molecule has 0 saturated heterocycles. The number of nitrogens with zero attached hydrogens (tertiary/aromatic N) is 1. The van der Waals surface area contributed by atoms with Crippen molar-refractivity contribution >= 4 is 30.7 Å². The van der Waals surface area contributed by atoms with Crippen LogP contribution >= 0.6 is 19.8 Å². The van der Waals surface area contributed by atoms with Gasteiger partial charge in [0, 0.05) is 5.39 Å². The van der Waals surface area contributed by atoms with E-state index in [1.165, 1.54) is 11.8 Å². The van der Waals surface area contributed by atoms with E-state index in [9.17, 15) is 4.57 Å². The van der Waals surface area contributed by atoms with Crippen LogP contribution in [0.25, 0.3) is 10.9 Å². The van der Waals surface area contributed by atoms with Crippen LogP contribution in [0.1, 0.15) is 0 Å². The number of para-hydroxylation sites is 1. The first kappa shape index (κ1) is 10.6. The molecule has 5 heteroatoms. The third-order valence-electron chi connectivity index (χ3n) is 1.90. The van der Waals surface area contributed by atoms with E-state index in [1.807, 2.05) is 36.4 Å². The Morgan fingerprint density at radius 1 is 1.27 bits per heavy atom. The normalized spacial score (nSPS) is 11.7. The number of hydrogen-bond donors (Lipinski definition) is 1. The number of benzene rings is 1. The summed E-state index contributed by atoms with van der Waals surface area (Å²) < 4.78 is 10.5. The molecule has 1 aromatic carbocycles. The van der Waals surface area contributed by atoms with E-state index in [0.717, 1.165) is 15.9 Å². The Morgan fingerprint density at radius 3 is 2.87 bits per heavy atom. The molecule has 76 valence electrons. The maximum absolute atomic E-state index is 10.5. The lowest BCUT2D eigenvalue weighted by Gasteiger charge is -1.98. The molecule has 0 aliphatic heterocycles. The molecule has 1 atom stereocenters. The molecule has 0 aliphatic carbocycles. The first-order valence-corrected chi connectivity index (χ1v) is 6.76. The van der Waals surface area contributed by atoms with Gasteiger partial charge >= 0.3 is 8.03 Å². The monoisotopic (exact) mass is 238 g/mol. The molecule has 2 rings (SSSR count). The predicted octanol–water partition coefficient (Wildman–Crippen LogP) is 3.02. The van der Waals surface area contributed by atoms with Gasteiger partial charge in [0.05, 0.1) is 5.52 Å². The van der Waals surface area contributed by atoms with Gasteiger partial charge in [-0.2, -0.15) is 4.89 Å². The highest BCUT2D eigenvalue weighted by Gasteiger charge is 2.11. The molecule has 0 radical (unpaired) electrons. The molecular formula is C10H9NO2PS+. The van der Waals surface area contributed by atoms with E-state index in [1.54, 1.807) is 0 Å². The fourth-order valence-electron chi connectivity index (χ4n) is 1.25. The van der Waals surface area contributed by atoms with E-state index < -0.39 is 8.03 Å². The average Bonchev–Trinajstić information content (AvgIpc) is 2.26. The van der Waals surface area contributed by atoms with Gasteiger partial charge in [0.2, 0.25) is 5.49 Å². The maximum Gasteiger partial charge on any atom is 0.516 e. The molecule has 3 nitrogen and oxygen atoms in total. The second kappa shape index (κ2) is 4.71. The van der Waals surface area contributed by atoms with Crippen LogP contribution in [-0.4, -0.2) is 15.4 Å². The highest BCUT2D eigenvalue weighted by Crippen LogP contribution is 2.27. The molecular weight excluding hydrogens is 229 g/mol. The van der Waals surface area contributed by atoms with E-state index in [2.05, 4.69) is 4.98 Å². The summed E-state index contributed by atoms with van der Waals surface area (Å²) in [4.78, 5) is 13.1. The highest BCUT2D eigenvalue weighted by molar-refractivity contribution is 8.03. The Kier molecular flexibility index (Phi) is 3.31. The molecule has 0 saturated carbocycles. The summed E-state index contributed by atoms with van der Waals surface area (Å²) in [5.74, 6) is 0. The fourth-order valence-corrected chi connectivity index (χ4v) is 2.55. The average molecular weight is 238 g/mol. The van der Waals surface area contributed by atoms with Gasteiger partial charge in [0.25, 0.3) is 0 Å². The maximum atomic E-state index is 10.5. The molecule has 2 aromatic rings. The molecule has 0 amide bonds. The van der Waals surface area contributed by atoms with Crippen molar-refractivity contribution in [2.45, 2.75) is 5.03 Å². The summed E-state index contributed by atoms with van der Waals surface area (Å²) >= 11 is 1.30. The van der Waals surface area contributed by atoms with Crippen molar-refractivity contribution in [2.24, 2.45) is 0 Å². The second-order valence-corrected chi connectivity index (χ2v) is 5.41. The Hall–Kier alpha value is -0.960. The first-order valence-electron chi connectivity index (χ1n) is 4.38. The minimum Gasteiger partial charge on any atom is -0.241 e. The Balaban J connectivity index is 2.26. The van der Waals surface area contributed by atoms with Crippen molar-refractivity contribution in [3.8, 4) is 0 Å². The lowest BCUT2D eigenvalue weighted by Crippen LogP contribution is -1.82. The molecule has 0 aliphatic rings. The summed E-state index contributed by atoms with van der Waals surface area (Å²) in [5.41, 5.74) is 1.11. The van der Waals surface area contributed by atoms with Gasteiger partial charge in [0.15, 0.2) is 0 Å². The summed E-state index contributed by atoms with van der Waals surface area (Å²) in [7, 11) is -2.09. The van der Waals surface area contributed by atoms with Crippen LogP contribution in [0.15, 0.2) is 41.4 Å². The zero-order chi connectivity index (χ0) is 10.7. The summed E-state index contributed by atoms with van der Waals surface area (Å²) in [6.45, 7) is 0. The fraction of sp³-hybridized carbons (Fsp3) is 0.100. The van der Waals surface area contributed by atoms with Gasteiger partial charge in [-0.1, -0.05) is 36.0 Å². The molecule has 15 heavy (non-hydrogen) atoms. The molecule has 1 unspecified atom stereocenters. The quantitative estimate of drug-likeness (QED) is 0.659. The van der Waals surface area contributed by atoms with Crippen molar-refractivity contribution in [1.82, 2.24) is 4.98 Å². The van der Waals surface area contributed by atoms with E-state index in [4.69, 9.17) is 4.89 Å². The standard InChI is InChI=1S/C10H8NO2PS/c12-14(13)7-15-10-6-5-8-3-1-2-4-9(8)11-10/h1-6H,7H2/p+1. The summed E-state index contributed by atoms with van der Waals surface area (Å²) in [6, 6.07) is 11.6. The van der Waals surface area contributed by atoms with Crippen LogP contribution in [0.3, 0.4) is 0 Å². The smallest absolute Gasteiger partial charge is 0.241 e. The SMILES string of the molecule is O=[P+](O)CSc1ccc2ccccc2n1. The second-order valence-electron chi connectivity index (χ2n) is 2.97. The molecule has 1 heterocycles. The summed E-state index contributed by atoms with van der Waals surface area (Å²) in [6.07, 6.45) is 0. The Morgan fingerprint density at radius 2 is 2.07 bits per heavy atom. The van der Waals surface area contributed by atoms with Crippen LogP contribution in [-0.2, 0) is 4.57 Å². The van der Waals surface area contributed by atoms with Gasteiger partial charge in [0.1, 0.15) is 5.03 Å². The lowest BCUT2D eigenvalue weighted by molar-refractivity contribution is 0.508. The Bertz CT molecular complexity index is 504. The molecule has 0 fully saturated rings. The van der Waals surface area contributed by atoms with Crippen molar-refractivity contribution < 1.29 is 9.46 Å². The number of thioether (sulfide) groups is 1. The molecule has 1 N–H and O–H groups in total. The van der Waals surface area contributed by atoms with Crippen LogP contribution < -0.4 is 0 Å². The molecule has 0 spiro atoms. The van der Waals surface area contributed by atoms with Gasteiger partial charge in [-0.15, -0.1) is 0 Å². The van der Waals surface area contributed by atoms with Gasteiger partial charge in [-0.05, 0) is 16.7 Å². The third-order valence-corrected chi connectivity index (χ3v) is 3.82. The summed E-state index contributed by atoms with van der Waals surface area (Å²) in [5, 5.41) is 1.86. The van der Waals surface area contributed by atoms with Crippen LogP contribution in [0.5, 0.6) is 0 Å². The van der Waals surface area contributed by atoms with Crippen LogP contribution in [0.4, 0.5) is 0 Å². The topological polar surface area (TPSA) is 50.2 Å². The number of rotatable bonds is 3. The van der Waals surface area contributed by atoms with Crippen molar-refractivity contribution in [2.75, 3.05) is 5.49 Å². The zero-order valence-electron chi connectivity index (χ0n) is 7.83. The number of fused-ring (bicyclic) bond motifs is 1. The van der Waals surface area contributed by atoms with Gasteiger partial charge < -0.3 is 0 Å². The van der Waals surface area contributed by atoms with Crippen molar-refractivity contribution in [1.29, 1.82) is 0 Å². The number of pyridine rings is 1. The Labute approximate surface area is 92.4 Å². The highest BCUT2D eigenvalue weighted by atomic mass is 32.2. The molecule has 1 aromatic heterocycles. The number of aromatic nitrogens is 1. The predicted molar refractivity (Wildman–Crippen MR) is 62.3 cm³/mol. The van der Waals surface area contributed by atoms with Gasteiger partial charge in [-0.25, -0.2) is 4.98 Å². The van der Waals surface area contributed by atoms with Gasteiger partial charge in [-0.3, -0.25) is 0 Å². The third kappa shape index (κ3) is 2.75. The van der Waals surface area contributed by atoms with Crippen LogP contribution in [0, 0.1) is 0 Å². The minimum absolute atomic E-state index is 0.195. The van der Waals surface area contributed by atoms with E-state index in [-0.39, 0.29) is 5.49 Å². The largest absolute Gasteiger partial charge is 0.516 e. The van der Waals surface area contributed by atoms with Crippen molar-refractivity contribution in [3.63, 3.8) is 0 Å². The minimum atomic E-state index is -2.09. The molecule has 0 bridgehead atoms. The first-order chi connectivity index (χ1) is 7.25. The van der Waals surface area contributed by atoms with Crippen LogP contribution in [0.2, 0.25) is 0 Å². The zero-order valence-corrected chi connectivity index (χ0v) is 9.54. The van der Waals surface area contributed by atoms with Crippen molar-refractivity contribution in [3.05, 3.63) is 36.4 Å². The lowest BCUT2D eigenvalue weighted by atomic mass is 10.2. The van der Waals surface area contributed by atoms with E-state index >= 15 is 0 Å². The van der Waals surface area contributed by atoms with E-state index in [0.29, 0.717) is 0 Å². The number of hydrogen-bond acceptors (Lipinski definition) is 3.